The molecule has 0 bridgehead atoms. The smallest absolute Gasteiger partial charge is 0.335 e. The predicted molar refractivity (Wildman–Crippen MR) is 100 cm³/mol. The van der Waals surface area contributed by atoms with Crippen LogP contribution in [0.25, 0.3) is 33.3 Å². The molecule has 0 atom stereocenters. The molecule has 0 fully saturated rings. The summed E-state index contributed by atoms with van der Waals surface area (Å²) in [6, 6.07) is 6.14. The number of fused-ring (bicyclic) bond motifs is 2. The number of aromatic carboxylic acids is 1. The Balaban J connectivity index is 2.19. The normalized spacial score (nSPS) is 11.7. The van der Waals surface area contributed by atoms with Crippen LogP contribution in [-0.4, -0.2) is 35.4 Å². The van der Waals surface area contributed by atoms with E-state index in [9.17, 15) is 14.4 Å². The van der Waals surface area contributed by atoms with E-state index in [4.69, 9.17) is 5.11 Å². The third-order valence-electron chi connectivity index (χ3n) is 4.63. The second-order valence-corrected chi connectivity index (χ2v) is 6.66. The molecular weight excluding hydrogens is 350 g/mol. The van der Waals surface area contributed by atoms with Crippen molar-refractivity contribution in [3.63, 3.8) is 0 Å². The minimum absolute atomic E-state index is 0.0437. The maximum Gasteiger partial charge on any atom is 0.335 e. The summed E-state index contributed by atoms with van der Waals surface area (Å²) in [4.78, 5) is 43.2. The zero-order valence-corrected chi connectivity index (χ0v) is 14.9. The largest absolute Gasteiger partial charge is 0.478 e. The molecule has 0 saturated carbocycles. The number of nitrogens with one attached hydrogen (secondary N) is 2. The number of hydrogen-bond donors (Lipinski definition) is 3. The maximum absolute atomic E-state index is 12.7. The fraction of sp³-hybridized carbons (Fsp3) is 0.222. The monoisotopic (exact) mass is 367 g/mol. The van der Waals surface area contributed by atoms with Crippen LogP contribution in [0, 0.1) is 0 Å². The van der Waals surface area contributed by atoms with E-state index in [0.29, 0.717) is 33.3 Å². The van der Waals surface area contributed by atoms with Gasteiger partial charge in [0.2, 0.25) is 0 Å². The van der Waals surface area contributed by atoms with Gasteiger partial charge in [-0.1, -0.05) is 12.1 Å². The Morgan fingerprint density at radius 1 is 1.19 bits per heavy atom. The molecule has 0 saturated heterocycles. The van der Waals surface area contributed by atoms with Gasteiger partial charge in [0.1, 0.15) is 0 Å². The molecule has 0 amide bonds. The van der Waals surface area contributed by atoms with Crippen LogP contribution >= 0.6 is 0 Å². The predicted octanol–water partition coefficient (Wildman–Crippen LogP) is 1.85. The molecule has 0 unspecified atom stereocenters. The van der Waals surface area contributed by atoms with Crippen molar-refractivity contribution in [3.05, 3.63) is 50.7 Å². The lowest BCUT2D eigenvalue weighted by atomic mass is 10.0. The van der Waals surface area contributed by atoms with Gasteiger partial charge >= 0.3 is 11.7 Å². The van der Waals surface area contributed by atoms with Crippen LogP contribution < -0.4 is 11.2 Å². The van der Waals surface area contributed by atoms with Crippen LogP contribution in [0.5, 0.6) is 0 Å². The molecule has 9 nitrogen and oxygen atoms in total. The average Bonchev–Trinajstić information content (AvgIpc) is 3.10. The number of carbonyl (C=O) groups is 1. The first kappa shape index (κ1) is 16.8. The first-order valence-corrected chi connectivity index (χ1v) is 8.36. The van der Waals surface area contributed by atoms with Crippen molar-refractivity contribution in [2.45, 2.75) is 19.9 Å². The summed E-state index contributed by atoms with van der Waals surface area (Å²) in [7, 11) is 1.59. The summed E-state index contributed by atoms with van der Waals surface area (Å²) >= 11 is 0. The van der Waals surface area contributed by atoms with Crippen molar-refractivity contribution in [2.75, 3.05) is 0 Å². The Labute approximate surface area is 151 Å². The Bertz CT molecular complexity index is 1320. The lowest BCUT2D eigenvalue weighted by Gasteiger charge is -2.10. The van der Waals surface area contributed by atoms with Gasteiger partial charge in [0.05, 0.1) is 16.5 Å². The molecule has 0 aliphatic heterocycles. The molecule has 4 rings (SSSR count). The van der Waals surface area contributed by atoms with E-state index >= 15 is 0 Å². The number of carboxylic acid groups (broad SMARTS) is 1. The standard InChI is InChI=1S/C18H17N5O4/c1-8(2)23-15-12(16(24)21-23)11(9-4-6-10(7-5-9)17(25)26)13-14(19-15)20-18(27)22(13)3/h4-8H,1-3H3,(H,21,24)(H,25,26)(H,19,20,27). The summed E-state index contributed by atoms with van der Waals surface area (Å²) in [6.07, 6.45) is 0. The highest BCUT2D eigenvalue weighted by Crippen LogP contribution is 2.32. The molecule has 3 N–H and O–H groups in total. The second-order valence-electron chi connectivity index (χ2n) is 6.66. The van der Waals surface area contributed by atoms with E-state index in [1.165, 1.54) is 16.7 Å². The van der Waals surface area contributed by atoms with Crippen LogP contribution in [0.4, 0.5) is 0 Å². The van der Waals surface area contributed by atoms with Gasteiger partial charge in [0, 0.05) is 18.7 Å². The van der Waals surface area contributed by atoms with Crippen LogP contribution in [0.2, 0.25) is 0 Å². The molecule has 9 heteroatoms. The minimum atomic E-state index is -1.04. The Hall–Kier alpha value is -3.62. The Morgan fingerprint density at radius 3 is 2.44 bits per heavy atom. The molecule has 27 heavy (non-hydrogen) atoms. The molecule has 138 valence electrons. The average molecular weight is 367 g/mol. The topological polar surface area (TPSA) is 126 Å². The number of pyridine rings is 1. The summed E-state index contributed by atoms with van der Waals surface area (Å²) in [5, 5.41) is 12.3. The Morgan fingerprint density at radius 2 is 1.85 bits per heavy atom. The molecule has 3 aromatic heterocycles. The highest BCUT2D eigenvalue weighted by molar-refractivity contribution is 6.06. The van der Waals surface area contributed by atoms with Crippen molar-refractivity contribution >= 4 is 28.2 Å². The number of imidazole rings is 1. The van der Waals surface area contributed by atoms with E-state index in [0.717, 1.165) is 0 Å². The highest BCUT2D eigenvalue weighted by atomic mass is 16.4. The number of nitrogens with zero attached hydrogens (tertiary/aromatic N) is 3. The van der Waals surface area contributed by atoms with Crippen molar-refractivity contribution in [1.29, 1.82) is 0 Å². The van der Waals surface area contributed by atoms with Crippen LogP contribution in [-0.2, 0) is 7.05 Å². The highest BCUT2D eigenvalue weighted by Gasteiger charge is 2.22. The minimum Gasteiger partial charge on any atom is -0.478 e. The molecule has 0 aliphatic carbocycles. The van der Waals surface area contributed by atoms with Crippen molar-refractivity contribution < 1.29 is 9.90 Å². The fourth-order valence-electron chi connectivity index (χ4n) is 3.31. The van der Waals surface area contributed by atoms with Crippen LogP contribution in [0.1, 0.15) is 30.2 Å². The molecule has 1 aromatic carbocycles. The molecular formula is C18H17N5O4. The third kappa shape index (κ3) is 2.39. The molecule has 3 heterocycles. The van der Waals surface area contributed by atoms with E-state index in [1.54, 1.807) is 23.9 Å². The van der Waals surface area contributed by atoms with Gasteiger partial charge < -0.3 is 5.11 Å². The molecule has 0 aliphatic rings. The summed E-state index contributed by atoms with van der Waals surface area (Å²) in [5.74, 6) is -1.04. The van der Waals surface area contributed by atoms with Crippen LogP contribution in [0.3, 0.4) is 0 Å². The number of aromatic nitrogens is 5. The van der Waals surface area contributed by atoms with E-state index in [1.807, 2.05) is 13.8 Å². The van der Waals surface area contributed by atoms with Crippen molar-refractivity contribution in [2.24, 2.45) is 7.05 Å². The zero-order valence-electron chi connectivity index (χ0n) is 14.9. The Kier molecular flexibility index (Phi) is 3.55. The van der Waals surface area contributed by atoms with Gasteiger partial charge in [-0.05, 0) is 31.5 Å². The SMILES string of the molecule is CC(C)n1[nH]c(=O)c2c(-c3ccc(C(=O)O)cc3)c3c(nc21)[nH]c(=O)n3C. The van der Waals surface area contributed by atoms with E-state index in [2.05, 4.69) is 15.1 Å². The number of H-pyrrole nitrogens is 2. The molecule has 4 aromatic rings. The van der Waals surface area contributed by atoms with Gasteiger partial charge in [-0.15, -0.1) is 0 Å². The number of benzene rings is 1. The second kappa shape index (κ2) is 5.70. The van der Waals surface area contributed by atoms with Gasteiger partial charge in [0.15, 0.2) is 11.3 Å². The number of carboxylic acids is 1. The first-order valence-electron chi connectivity index (χ1n) is 8.36. The molecule has 0 radical (unpaired) electrons. The van der Waals surface area contributed by atoms with Gasteiger partial charge in [-0.2, -0.15) is 0 Å². The van der Waals surface area contributed by atoms with Crippen LogP contribution in [0.15, 0.2) is 33.9 Å². The number of aryl methyl sites for hydroxylation is 1. The van der Waals surface area contributed by atoms with E-state index in [-0.39, 0.29) is 22.9 Å². The number of hydrogen-bond acceptors (Lipinski definition) is 4. The summed E-state index contributed by atoms with van der Waals surface area (Å²) < 4.78 is 3.05. The molecule has 0 spiro atoms. The summed E-state index contributed by atoms with van der Waals surface area (Å²) in [6.45, 7) is 3.83. The van der Waals surface area contributed by atoms with Crippen molar-refractivity contribution in [3.8, 4) is 11.1 Å². The lowest BCUT2D eigenvalue weighted by Crippen LogP contribution is -2.12. The van der Waals surface area contributed by atoms with Gasteiger partial charge in [-0.3, -0.25) is 24.1 Å². The zero-order chi connectivity index (χ0) is 19.5. The van der Waals surface area contributed by atoms with Gasteiger partial charge in [0.25, 0.3) is 5.56 Å². The quantitative estimate of drug-likeness (QED) is 0.509. The first-order chi connectivity index (χ1) is 12.8. The maximum atomic E-state index is 12.7. The number of rotatable bonds is 3. The lowest BCUT2D eigenvalue weighted by molar-refractivity contribution is 0.0697. The van der Waals surface area contributed by atoms with Gasteiger partial charge in [-0.25, -0.2) is 14.6 Å². The van der Waals surface area contributed by atoms with Crippen molar-refractivity contribution in [1.82, 2.24) is 24.3 Å². The number of aromatic amines is 2. The summed E-state index contributed by atoms with van der Waals surface area (Å²) in [5.41, 5.74) is 1.91. The van der Waals surface area contributed by atoms with E-state index < -0.39 is 5.97 Å². The third-order valence-corrected chi connectivity index (χ3v) is 4.63. The fourth-order valence-corrected chi connectivity index (χ4v) is 3.31.